The van der Waals surface area contributed by atoms with E-state index in [2.05, 4.69) is 20.2 Å². The Morgan fingerprint density at radius 2 is 2.04 bits per heavy atom. The van der Waals surface area contributed by atoms with Crippen LogP contribution in [-0.2, 0) is 9.53 Å². The molecule has 0 unspecified atom stereocenters. The van der Waals surface area contributed by atoms with Crippen LogP contribution in [0.3, 0.4) is 0 Å². The summed E-state index contributed by atoms with van der Waals surface area (Å²) in [5.74, 6) is 1.48. The average Bonchev–Trinajstić information content (AvgIpc) is 2.69. The lowest BCUT2D eigenvalue weighted by atomic mass is 9.97. The lowest BCUT2D eigenvalue weighted by Gasteiger charge is -2.32. The summed E-state index contributed by atoms with van der Waals surface area (Å²) < 4.78 is 10.2. The fraction of sp³-hybridized carbons (Fsp3) is 0.389. The summed E-state index contributed by atoms with van der Waals surface area (Å²) in [6, 6.07) is 5.25. The van der Waals surface area contributed by atoms with E-state index in [0.29, 0.717) is 59.7 Å². The van der Waals surface area contributed by atoms with Crippen molar-refractivity contribution in [1.82, 2.24) is 9.97 Å². The number of nitrogen functional groups attached to an aromatic ring is 1. The minimum Gasteiger partial charge on any atom is -0.495 e. The highest BCUT2D eigenvalue weighted by Gasteiger charge is 2.27. The number of anilines is 4. The van der Waals surface area contributed by atoms with Crippen molar-refractivity contribution in [2.45, 2.75) is 12.8 Å². The lowest BCUT2D eigenvalue weighted by Crippen LogP contribution is -2.37. The number of nitrogens with one attached hydrogen (secondary N) is 1. The number of halogens is 1. The van der Waals surface area contributed by atoms with Crippen molar-refractivity contribution < 1.29 is 14.3 Å². The molecule has 1 saturated heterocycles. The fourth-order valence-corrected chi connectivity index (χ4v) is 3.31. The summed E-state index contributed by atoms with van der Waals surface area (Å²) in [5.41, 5.74) is 7.40. The van der Waals surface area contributed by atoms with Gasteiger partial charge in [-0.25, -0.2) is 9.97 Å². The van der Waals surface area contributed by atoms with E-state index in [4.69, 9.17) is 26.8 Å². The molecule has 0 aliphatic carbocycles. The minimum atomic E-state index is -0.166. The van der Waals surface area contributed by atoms with Crippen LogP contribution < -0.4 is 20.7 Å². The summed E-state index contributed by atoms with van der Waals surface area (Å²) in [6.45, 7) is 1.34. The first-order valence-corrected chi connectivity index (χ1v) is 8.95. The van der Waals surface area contributed by atoms with Crippen molar-refractivity contribution in [3.8, 4) is 5.75 Å². The summed E-state index contributed by atoms with van der Waals surface area (Å²) in [6.07, 6.45) is 2.85. The second-order valence-electron chi connectivity index (χ2n) is 6.21. The highest BCUT2D eigenvalue weighted by atomic mass is 35.5. The number of esters is 1. The fourth-order valence-electron chi connectivity index (χ4n) is 3.14. The lowest BCUT2D eigenvalue weighted by molar-refractivity contribution is -0.146. The van der Waals surface area contributed by atoms with Crippen molar-refractivity contribution in [2.24, 2.45) is 5.92 Å². The van der Waals surface area contributed by atoms with Crippen LogP contribution in [0.15, 0.2) is 24.5 Å². The molecule has 1 fully saturated rings. The Morgan fingerprint density at radius 3 is 2.70 bits per heavy atom. The van der Waals surface area contributed by atoms with E-state index in [1.807, 2.05) is 0 Å². The molecular weight excluding hydrogens is 370 g/mol. The number of carbonyl (C=O) groups excluding carboxylic acids is 1. The van der Waals surface area contributed by atoms with E-state index in [1.165, 1.54) is 13.4 Å². The molecule has 1 aromatic carbocycles. The first-order valence-electron chi connectivity index (χ1n) is 8.57. The largest absolute Gasteiger partial charge is 0.495 e. The van der Waals surface area contributed by atoms with Crippen molar-refractivity contribution in [3.05, 3.63) is 29.5 Å². The van der Waals surface area contributed by atoms with E-state index in [1.54, 1.807) is 25.3 Å². The molecule has 0 saturated carbocycles. The Labute approximate surface area is 162 Å². The van der Waals surface area contributed by atoms with Gasteiger partial charge in [0.2, 0.25) is 0 Å². The number of ether oxygens (including phenoxy) is 2. The molecule has 0 spiro atoms. The van der Waals surface area contributed by atoms with Gasteiger partial charge < -0.3 is 25.4 Å². The highest BCUT2D eigenvalue weighted by molar-refractivity contribution is 6.31. The highest BCUT2D eigenvalue weighted by Crippen LogP contribution is 2.35. The topological polar surface area (TPSA) is 103 Å². The molecule has 1 aliphatic rings. The number of carbonyl (C=O) groups is 1. The number of methoxy groups -OCH3 is 2. The SMILES string of the molecule is COC(=O)C1CCN(c2ncnc(Nc3cc(Cl)ccc3OC)c2N)CC1. The number of rotatable bonds is 5. The molecule has 3 N–H and O–H groups in total. The van der Waals surface area contributed by atoms with E-state index in [9.17, 15) is 4.79 Å². The zero-order valence-electron chi connectivity index (χ0n) is 15.2. The summed E-state index contributed by atoms with van der Waals surface area (Å²) in [4.78, 5) is 22.3. The Balaban J connectivity index is 1.79. The van der Waals surface area contributed by atoms with E-state index < -0.39 is 0 Å². The quantitative estimate of drug-likeness (QED) is 0.750. The Hall–Kier alpha value is -2.74. The number of nitrogens with two attached hydrogens (primary N) is 1. The van der Waals surface area contributed by atoms with Crippen molar-refractivity contribution in [2.75, 3.05) is 43.3 Å². The van der Waals surface area contributed by atoms with Gasteiger partial charge in [-0.15, -0.1) is 0 Å². The molecule has 0 bridgehead atoms. The van der Waals surface area contributed by atoms with Crippen LogP contribution in [0.25, 0.3) is 0 Å². The number of hydrogen-bond donors (Lipinski definition) is 2. The number of nitrogens with zero attached hydrogens (tertiary/aromatic N) is 3. The van der Waals surface area contributed by atoms with Gasteiger partial charge in [-0.3, -0.25) is 4.79 Å². The molecular formula is C18H22ClN5O3. The number of piperidine rings is 1. The zero-order chi connectivity index (χ0) is 19.4. The molecule has 27 heavy (non-hydrogen) atoms. The van der Waals surface area contributed by atoms with Gasteiger partial charge in [0.15, 0.2) is 11.6 Å². The van der Waals surface area contributed by atoms with Crippen LogP contribution in [0.5, 0.6) is 5.75 Å². The summed E-state index contributed by atoms with van der Waals surface area (Å²) in [5, 5.41) is 3.73. The van der Waals surface area contributed by atoms with Crippen molar-refractivity contribution in [1.29, 1.82) is 0 Å². The Bertz CT molecular complexity index is 825. The standard InChI is InChI=1S/C18H22ClN5O3/c1-26-14-4-3-12(19)9-13(14)23-16-15(20)17(22-10-21-16)24-7-5-11(6-8-24)18(25)27-2/h3-4,9-11H,5-8,20H2,1-2H3,(H,21,22,23). The maximum atomic E-state index is 11.7. The van der Waals surface area contributed by atoms with Gasteiger partial charge in [-0.2, -0.15) is 0 Å². The third-order valence-corrected chi connectivity index (χ3v) is 4.84. The monoisotopic (exact) mass is 391 g/mol. The van der Waals surface area contributed by atoms with Crippen molar-refractivity contribution >= 4 is 40.6 Å². The Morgan fingerprint density at radius 1 is 1.30 bits per heavy atom. The molecule has 144 valence electrons. The summed E-state index contributed by atoms with van der Waals surface area (Å²) in [7, 11) is 2.99. The van der Waals surface area contributed by atoms with Gasteiger partial charge in [0.25, 0.3) is 0 Å². The summed E-state index contributed by atoms with van der Waals surface area (Å²) >= 11 is 6.08. The number of aromatic nitrogens is 2. The van der Waals surface area contributed by atoms with Crippen molar-refractivity contribution in [3.63, 3.8) is 0 Å². The van der Waals surface area contributed by atoms with Gasteiger partial charge in [-0.1, -0.05) is 11.6 Å². The number of hydrogen-bond acceptors (Lipinski definition) is 8. The molecule has 0 amide bonds. The van der Waals surface area contributed by atoms with E-state index in [0.717, 1.165) is 0 Å². The molecule has 9 heteroatoms. The second-order valence-corrected chi connectivity index (χ2v) is 6.65. The smallest absolute Gasteiger partial charge is 0.308 e. The van der Waals surface area contributed by atoms with Crippen LogP contribution >= 0.6 is 11.6 Å². The maximum absolute atomic E-state index is 11.7. The molecule has 2 heterocycles. The number of benzene rings is 1. The third-order valence-electron chi connectivity index (χ3n) is 4.61. The molecule has 2 aromatic rings. The van der Waals surface area contributed by atoms with Gasteiger partial charge in [0, 0.05) is 18.1 Å². The first kappa shape index (κ1) is 19.0. The predicted octanol–water partition coefficient (Wildman–Crippen LogP) is 2.85. The van der Waals surface area contributed by atoms with Crippen LogP contribution in [0, 0.1) is 5.92 Å². The van der Waals surface area contributed by atoms with Gasteiger partial charge in [0.05, 0.1) is 25.8 Å². The maximum Gasteiger partial charge on any atom is 0.308 e. The van der Waals surface area contributed by atoms with Gasteiger partial charge >= 0.3 is 5.97 Å². The second kappa shape index (κ2) is 8.30. The molecule has 1 aromatic heterocycles. The van der Waals surface area contributed by atoms with Gasteiger partial charge in [-0.05, 0) is 31.0 Å². The normalized spacial score (nSPS) is 14.7. The van der Waals surface area contributed by atoms with Gasteiger partial charge in [0.1, 0.15) is 17.8 Å². The van der Waals surface area contributed by atoms with E-state index >= 15 is 0 Å². The third kappa shape index (κ3) is 4.16. The van der Waals surface area contributed by atoms with Crippen LogP contribution in [0.2, 0.25) is 5.02 Å². The zero-order valence-corrected chi connectivity index (χ0v) is 16.0. The molecule has 3 rings (SSSR count). The molecule has 0 radical (unpaired) electrons. The minimum absolute atomic E-state index is 0.0809. The molecule has 8 nitrogen and oxygen atoms in total. The molecule has 0 atom stereocenters. The Kier molecular flexibility index (Phi) is 5.85. The van der Waals surface area contributed by atoms with E-state index in [-0.39, 0.29) is 11.9 Å². The van der Waals surface area contributed by atoms with Crippen LogP contribution in [0.4, 0.5) is 23.0 Å². The first-order chi connectivity index (χ1) is 13.0. The molecule has 1 aliphatic heterocycles. The van der Waals surface area contributed by atoms with Crippen LogP contribution in [-0.4, -0.2) is 43.2 Å². The predicted molar refractivity (Wildman–Crippen MR) is 105 cm³/mol. The average molecular weight is 392 g/mol. The van der Waals surface area contributed by atoms with Crippen LogP contribution in [0.1, 0.15) is 12.8 Å².